The van der Waals surface area contributed by atoms with Crippen LogP contribution in [0.5, 0.6) is 0 Å². The lowest BCUT2D eigenvalue weighted by Gasteiger charge is -2.36. The maximum absolute atomic E-state index is 13.1. The topological polar surface area (TPSA) is 57.7 Å². The molecule has 1 aromatic rings. The number of carbonyl (C=O) groups excluding carboxylic acids is 1. The average Bonchev–Trinajstić information content (AvgIpc) is 2.67. The highest BCUT2D eigenvalue weighted by Crippen LogP contribution is 2.37. The van der Waals surface area contributed by atoms with E-state index in [0.717, 1.165) is 42.4 Å². The third-order valence-electron chi connectivity index (χ3n) is 5.78. The van der Waals surface area contributed by atoms with Crippen molar-refractivity contribution in [2.24, 2.45) is 11.8 Å². The molecule has 0 bridgehead atoms. The van der Waals surface area contributed by atoms with Gasteiger partial charge in [-0.2, -0.15) is 17.5 Å². The van der Waals surface area contributed by atoms with Crippen LogP contribution in [0.4, 0.5) is 13.2 Å². The highest BCUT2D eigenvalue weighted by Gasteiger charge is 2.37. The average molecular weight is 453 g/mol. The molecule has 1 aromatic carbocycles. The minimum absolute atomic E-state index is 0.0554. The number of piperidine rings is 2. The van der Waals surface area contributed by atoms with Crippen LogP contribution < -0.4 is 0 Å². The molecule has 0 N–H and O–H groups in total. The van der Waals surface area contributed by atoms with Crippen LogP contribution in [0.2, 0.25) is 5.02 Å². The van der Waals surface area contributed by atoms with E-state index in [4.69, 9.17) is 11.6 Å². The van der Waals surface area contributed by atoms with E-state index in [1.54, 1.807) is 0 Å². The van der Waals surface area contributed by atoms with Crippen LogP contribution in [0, 0.1) is 11.8 Å². The van der Waals surface area contributed by atoms with Gasteiger partial charge in [0.2, 0.25) is 15.9 Å². The fraction of sp³-hybridized carbons (Fsp3) is 0.632. The highest BCUT2D eigenvalue weighted by atomic mass is 35.5. The molecular formula is C19H24ClF3N2O3S. The number of alkyl halides is 3. The Labute approximate surface area is 173 Å². The monoisotopic (exact) mass is 452 g/mol. The van der Waals surface area contributed by atoms with Gasteiger partial charge in [-0.3, -0.25) is 4.79 Å². The summed E-state index contributed by atoms with van der Waals surface area (Å²) in [5.41, 5.74) is -1.18. The lowest BCUT2D eigenvalue weighted by molar-refractivity contribution is -0.138. The van der Waals surface area contributed by atoms with E-state index in [9.17, 15) is 26.4 Å². The number of rotatable bonds is 3. The predicted molar refractivity (Wildman–Crippen MR) is 103 cm³/mol. The molecule has 0 spiro atoms. The second-order valence-corrected chi connectivity index (χ2v) is 10.2. The van der Waals surface area contributed by atoms with Crippen LogP contribution in [0.25, 0.3) is 0 Å². The molecule has 2 fully saturated rings. The van der Waals surface area contributed by atoms with E-state index in [1.807, 2.05) is 4.90 Å². The number of likely N-dealkylation sites (tertiary alicyclic amines) is 1. The Morgan fingerprint density at radius 1 is 1.07 bits per heavy atom. The largest absolute Gasteiger partial charge is 0.417 e. The van der Waals surface area contributed by atoms with Crippen molar-refractivity contribution in [2.45, 2.75) is 43.7 Å². The van der Waals surface area contributed by atoms with Crippen LogP contribution in [0.1, 0.15) is 38.2 Å². The summed E-state index contributed by atoms with van der Waals surface area (Å²) in [6, 6.07) is 2.60. The Bertz CT molecular complexity index is 860. The van der Waals surface area contributed by atoms with Crippen LogP contribution in [0.3, 0.4) is 0 Å². The molecule has 29 heavy (non-hydrogen) atoms. The first-order valence-corrected chi connectivity index (χ1v) is 11.5. The maximum atomic E-state index is 13.1. The highest BCUT2D eigenvalue weighted by molar-refractivity contribution is 7.89. The molecule has 0 aromatic heterocycles. The summed E-state index contributed by atoms with van der Waals surface area (Å²) in [5, 5.41) is -0.545. The number of sulfonamides is 1. The summed E-state index contributed by atoms with van der Waals surface area (Å²) in [7, 11) is -4.09. The maximum Gasteiger partial charge on any atom is 0.417 e. The zero-order valence-corrected chi connectivity index (χ0v) is 17.7. The van der Waals surface area contributed by atoms with Gasteiger partial charge < -0.3 is 4.90 Å². The van der Waals surface area contributed by atoms with Gasteiger partial charge in [-0.25, -0.2) is 8.42 Å². The fourth-order valence-electron chi connectivity index (χ4n) is 3.86. The number of carbonyl (C=O) groups is 1. The summed E-state index contributed by atoms with van der Waals surface area (Å²) in [5.74, 6) is 0.414. The molecule has 2 aliphatic rings. The van der Waals surface area contributed by atoms with Gasteiger partial charge in [-0.05, 0) is 49.8 Å². The molecular weight excluding hydrogens is 429 g/mol. The molecule has 2 aliphatic heterocycles. The van der Waals surface area contributed by atoms with Crippen molar-refractivity contribution in [3.8, 4) is 0 Å². The van der Waals surface area contributed by atoms with Crippen molar-refractivity contribution in [1.82, 2.24) is 9.21 Å². The summed E-state index contributed by atoms with van der Waals surface area (Å²) >= 11 is 5.58. The number of hydrogen-bond donors (Lipinski definition) is 0. The van der Waals surface area contributed by atoms with Gasteiger partial charge in [-0.1, -0.05) is 18.5 Å². The van der Waals surface area contributed by atoms with E-state index in [-0.39, 0.29) is 24.9 Å². The molecule has 0 atom stereocenters. The van der Waals surface area contributed by atoms with Crippen LogP contribution >= 0.6 is 11.6 Å². The summed E-state index contributed by atoms with van der Waals surface area (Å²) in [6.45, 7) is 3.82. The van der Waals surface area contributed by atoms with E-state index in [2.05, 4.69) is 6.92 Å². The molecule has 0 saturated carbocycles. The smallest absolute Gasteiger partial charge is 0.342 e. The number of nitrogens with zero attached hydrogens (tertiary/aromatic N) is 2. The standard InChI is InChI=1S/C19H24ClF3N2O3S/c1-13-4-8-24(9-5-13)18(26)14-6-10-25(11-7-14)29(27,28)15-2-3-17(20)16(12-15)19(21,22)23/h2-3,12-14H,4-11H2,1H3. The van der Waals surface area contributed by atoms with Gasteiger partial charge in [0.1, 0.15) is 0 Å². The second-order valence-electron chi connectivity index (χ2n) is 7.83. The zero-order chi connectivity index (χ0) is 21.4. The van der Waals surface area contributed by atoms with Crippen molar-refractivity contribution in [3.63, 3.8) is 0 Å². The summed E-state index contributed by atoms with van der Waals surface area (Å²) < 4.78 is 66.0. The Hall–Kier alpha value is -1.32. The first-order valence-electron chi connectivity index (χ1n) is 9.66. The number of hydrogen-bond acceptors (Lipinski definition) is 3. The Balaban J connectivity index is 1.68. The van der Waals surface area contributed by atoms with Gasteiger partial charge in [0.05, 0.1) is 15.5 Å². The van der Waals surface area contributed by atoms with Gasteiger partial charge in [0.25, 0.3) is 0 Å². The van der Waals surface area contributed by atoms with Gasteiger partial charge in [0.15, 0.2) is 0 Å². The minimum atomic E-state index is -4.74. The SMILES string of the molecule is CC1CCN(C(=O)C2CCN(S(=O)(=O)c3ccc(Cl)c(C(F)(F)F)c3)CC2)CC1. The van der Waals surface area contributed by atoms with E-state index < -0.39 is 31.7 Å². The first-order chi connectivity index (χ1) is 13.5. The quantitative estimate of drug-likeness (QED) is 0.696. The van der Waals surface area contributed by atoms with Crippen LogP contribution in [-0.2, 0) is 21.0 Å². The zero-order valence-electron chi connectivity index (χ0n) is 16.1. The molecule has 5 nitrogen and oxygen atoms in total. The van der Waals surface area contributed by atoms with Gasteiger partial charge >= 0.3 is 6.18 Å². The third-order valence-corrected chi connectivity index (χ3v) is 8.00. The Morgan fingerprint density at radius 3 is 2.21 bits per heavy atom. The van der Waals surface area contributed by atoms with Crippen molar-refractivity contribution in [2.75, 3.05) is 26.2 Å². The van der Waals surface area contributed by atoms with Crippen LogP contribution in [-0.4, -0.2) is 49.7 Å². The van der Waals surface area contributed by atoms with Gasteiger partial charge in [-0.15, -0.1) is 0 Å². The van der Waals surface area contributed by atoms with Crippen molar-refractivity contribution >= 4 is 27.5 Å². The van der Waals surface area contributed by atoms with Crippen molar-refractivity contribution in [3.05, 3.63) is 28.8 Å². The summed E-state index contributed by atoms with van der Waals surface area (Å²) in [6.07, 6.45) is -2.07. The predicted octanol–water partition coefficient (Wildman–Crippen LogP) is 4.02. The van der Waals surface area contributed by atoms with Gasteiger partial charge in [0, 0.05) is 32.1 Å². The normalized spacial score (nSPS) is 20.8. The molecule has 3 rings (SSSR count). The molecule has 1 amide bonds. The molecule has 0 aliphatic carbocycles. The lowest BCUT2D eigenvalue weighted by atomic mass is 9.93. The molecule has 0 radical (unpaired) electrons. The third kappa shape index (κ3) is 4.88. The summed E-state index contributed by atoms with van der Waals surface area (Å²) in [4.78, 5) is 14.1. The molecule has 2 heterocycles. The molecule has 2 saturated heterocycles. The number of amides is 1. The lowest BCUT2D eigenvalue weighted by Crippen LogP contribution is -2.46. The fourth-order valence-corrected chi connectivity index (χ4v) is 5.58. The molecule has 10 heteroatoms. The molecule has 162 valence electrons. The van der Waals surface area contributed by atoms with Crippen LogP contribution in [0.15, 0.2) is 23.1 Å². The Morgan fingerprint density at radius 2 is 1.66 bits per heavy atom. The Kier molecular flexibility index (Phi) is 6.50. The molecule has 0 unspecified atom stereocenters. The van der Waals surface area contributed by atoms with E-state index in [1.165, 1.54) is 0 Å². The first kappa shape index (κ1) is 22.4. The van der Waals surface area contributed by atoms with Crippen molar-refractivity contribution in [1.29, 1.82) is 0 Å². The van der Waals surface area contributed by atoms with E-state index >= 15 is 0 Å². The number of halogens is 4. The van der Waals surface area contributed by atoms with E-state index in [0.29, 0.717) is 24.8 Å². The second kappa shape index (κ2) is 8.43. The van der Waals surface area contributed by atoms with Crippen molar-refractivity contribution < 1.29 is 26.4 Å². The number of benzene rings is 1. The minimum Gasteiger partial charge on any atom is -0.342 e.